The molecule has 0 saturated heterocycles. The first-order chi connectivity index (χ1) is 12.5. The molecule has 1 unspecified atom stereocenters. The van der Waals surface area contributed by atoms with Crippen molar-refractivity contribution < 1.29 is 14.7 Å². The Kier molecular flexibility index (Phi) is 4.09. The summed E-state index contributed by atoms with van der Waals surface area (Å²) in [5.74, 6) is 0.293. The van der Waals surface area contributed by atoms with Crippen LogP contribution in [-0.2, 0) is 16.0 Å². The zero-order valence-electron chi connectivity index (χ0n) is 15.0. The highest BCUT2D eigenvalue weighted by Crippen LogP contribution is 2.40. The van der Waals surface area contributed by atoms with E-state index in [0.717, 1.165) is 29.9 Å². The lowest BCUT2D eigenvalue weighted by Gasteiger charge is -2.32. The number of esters is 1. The molecule has 1 aromatic rings. The van der Waals surface area contributed by atoms with E-state index in [2.05, 4.69) is 22.8 Å². The van der Waals surface area contributed by atoms with Gasteiger partial charge in [-0.05, 0) is 31.9 Å². The zero-order valence-corrected chi connectivity index (χ0v) is 15.0. The normalized spacial score (nSPS) is 23.6. The summed E-state index contributed by atoms with van der Waals surface area (Å²) in [6.45, 7) is 4.54. The third kappa shape index (κ3) is 2.91. The topological polar surface area (TPSA) is 73.8 Å². The molecule has 0 bridgehead atoms. The fraction of sp³-hybridized carbons (Fsp3) is 0.350. The molecule has 6 heteroatoms. The first kappa shape index (κ1) is 16.9. The molecular weight excluding hydrogens is 330 g/mol. The summed E-state index contributed by atoms with van der Waals surface area (Å²) >= 11 is 0. The highest BCUT2D eigenvalue weighted by atomic mass is 16.5. The number of carbonyl (C=O) groups excluding carboxylic acids is 1. The molecule has 136 valence electrons. The predicted molar refractivity (Wildman–Crippen MR) is 96.7 cm³/mol. The first-order valence-electron chi connectivity index (χ1n) is 8.88. The van der Waals surface area contributed by atoms with Gasteiger partial charge in [0.25, 0.3) is 0 Å². The minimum atomic E-state index is -0.629. The van der Waals surface area contributed by atoms with Gasteiger partial charge in [0.15, 0.2) is 0 Å². The van der Waals surface area contributed by atoms with Gasteiger partial charge in [0.05, 0.1) is 23.9 Å². The average molecular weight is 353 g/mol. The quantitative estimate of drug-likeness (QED) is 0.721. The number of hydrogen-bond donors (Lipinski definition) is 3. The highest BCUT2D eigenvalue weighted by molar-refractivity contribution is 5.77. The Morgan fingerprint density at radius 1 is 1.35 bits per heavy atom. The minimum absolute atomic E-state index is 0.239. The number of carbonyl (C=O) groups is 1. The maximum atomic E-state index is 11.7. The second kappa shape index (κ2) is 6.30. The Hall–Kier alpha value is -2.57. The van der Waals surface area contributed by atoms with Crippen molar-refractivity contribution in [3.05, 3.63) is 70.8 Å². The molecule has 1 aromatic carbocycles. The smallest absolute Gasteiger partial charge is 0.315 e. The maximum Gasteiger partial charge on any atom is 0.315 e. The predicted octanol–water partition coefficient (Wildman–Crippen LogP) is 2.20. The van der Waals surface area contributed by atoms with Gasteiger partial charge in [-0.15, -0.1) is 0 Å². The van der Waals surface area contributed by atoms with Crippen LogP contribution in [0.2, 0.25) is 0 Å². The number of fused-ring (bicyclic) bond motifs is 2. The molecule has 3 aliphatic rings. The molecule has 0 spiro atoms. The summed E-state index contributed by atoms with van der Waals surface area (Å²) in [5, 5.41) is 18.8. The lowest BCUT2D eigenvalue weighted by Crippen LogP contribution is -2.47. The Morgan fingerprint density at radius 3 is 2.88 bits per heavy atom. The summed E-state index contributed by atoms with van der Waals surface area (Å²) in [7, 11) is 0. The molecule has 6 nitrogen and oxygen atoms in total. The SMILES string of the molecule is CC1(C)NC2=C(C(NCCc3ccccc3)C=C3OC(=O)CC=C32)N1O. The van der Waals surface area contributed by atoms with Gasteiger partial charge in [-0.25, -0.2) is 5.06 Å². The van der Waals surface area contributed by atoms with Crippen LogP contribution in [0.25, 0.3) is 0 Å². The van der Waals surface area contributed by atoms with Crippen LogP contribution in [0, 0.1) is 0 Å². The fourth-order valence-electron chi connectivity index (χ4n) is 3.58. The number of ether oxygens (including phenoxy) is 1. The second-order valence-electron chi connectivity index (χ2n) is 7.25. The molecule has 1 atom stereocenters. The molecular formula is C20H23N3O3. The van der Waals surface area contributed by atoms with Crippen LogP contribution in [0.4, 0.5) is 0 Å². The van der Waals surface area contributed by atoms with E-state index in [1.54, 1.807) is 0 Å². The molecule has 0 radical (unpaired) electrons. The monoisotopic (exact) mass is 353 g/mol. The van der Waals surface area contributed by atoms with E-state index in [1.807, 2.05) is 44.2 Å². The van der Waals surface area contributed by atoms with Crippen LogP contribution in [0.15, 0.2) is 65.2 Å². The van der Waals surface area contributed by atoms with Crippen LogP contribution < -0.4 is 10.6 Å². The Morgan fingerprint density at radius 2 is 2.12 bits per heavy atom. The van der Waals surface area contributed by atoms with Gasteiger partial charge in [0.2, 0.25) is 0 Å². The van der Waals surface area contributed by atoms with Crippen LogP contribution in [-0.4, -0.2) is 34.5 Å². The van der Waals surface area contributed by atoms with Crippen LogP contribution in [0.5, 0.6) is 0 Å². The van der Waals surface area contributed by atoms with Gasteiger partial charge in [-0.1, -0.05) is 36.4 Å². The summed E-state index contributed by atoms with van der Waals surface area (Å²) in [6, 6.07) is 9.99. The summed E-state index contributed by atoms with van der Waals surface area (Å²) < 4.78 is 5.44. The van der Waals surface area contributed by atoms with Crippen molar-refractivity contribution in [1.82, 2.24) is 15.7 Å². The van der Waals surface area contributed by atoms with Crippen molar-refractivity contribution in [3.8, 4) is 0 Å². The van der Waals surface area contributed by atoms with Gasteiger partial charge in [-0.3, -0.25) is 10.0 Å². The van der Waals surface area contributed by atoms with Crippen molar-refractivity contribution in [2.24, 2.45) is 0 Å². The molecule has 0 aromatic heterocycles. The number of hydroxylamine groups is 2. The van der Waals surface area contributed by atoms with E-state index in [-0.39, 0.29) is 18.4 Å². The largest absolute Gasteiger partial charge is 0.426 e. The van der Waals surface area contributed by atoms with Crippen molar-refractivity contribution in [2.45, 2.75) is 38.4 Å². The van der Waals surface area contributed by atoms with Crippen molar-refractivity contribution >= 4 is 5.97 Å². The van der Waals surface area contributed by atoms with E-state index < -0.39 is 5.66 Å². The molecule has 26 heavy (non-hydrogen) atoms. The molecule has 0 amide bonds. The Bertz CT molecular complexity index is 824. The zero-order chi connectivity index (χ0) is 18.3. The number of hydrogen-bond acceptors (Lipinski definition) is 6. The Balaban J connectivity index is 1.58. The molecule has 2 heterocycles. The molecule has 0 saturated carbocycles. The second-order valence-corrected chi connectivity index (χ2v) is 7.25. The van der Waals surface area contributed by atoms with E-state index in [9.17, 15) is 10.0 Å². The maximum absolute atomic E-state index is 11.7. The summed E-state index contributed by atoms with van der Waals surface area (Å²) in [5.41, 5.74) is 3.03. The number of benzene rings is 1. The molecule has 0 fully saturated rings. The van der Waals surface area contributed by atoms with Crippen LogP contribution in [0.3, 0.4) is 0 Å². The van der Waals surface area contributed by atoms with E-state index >= 15 is 0 Å². The molecule has 2 aliphatic heterocycles. The third-order valence-electron chi connectivity index (χ3n) is 4.91. The Labute approximate surface area is 152 Å². The van der Waals surface area contributed by atoms with Crippen molar-refractivity contribution in [1.29, 1.82) is 0 Å². The minimum Gasteiger partial charge on any atom is -0.426 e. The third-order valence-corrected chi connectivity index (χ3v) is 4.91. The van der Waals surface area contributed by atoms with E-state index in [4.69, 9.17) is 4.74 Å². The van der Waals surface area contributed by atoms with Gasteiger partial charge in [0, 0.05) is 12.1 Å². The van der Waals surface area contributed by atoms with Crippen molar-refractivity contribution in [3.63, 3.8) is 0 Å². The standard InChI is InChI=1S/C20H23N3O3/c1-20(2)22-18-14-8-9-17(24)26-16(14)12-15(19(18)23(20)25)21-11-10-13-6-4-3-5-7-13/h3-8,12,15,21-22,25H,9-11H2,1-2H3. The van der Waals surface area contributed by atoms with Crippen molar-refractivity contribution in [2.75, 3.05) is 6.54 Å². The van der Waals surface area contributed by atoms with Crippen LogP contribution >= 0.6 is 0 Å². The molecule has 4 rings (SSSR count). The number of rotatable bonds is 4. The lowest BCUT2D eigenvalue weighted by molar-refractivity contribution is -0.138. The van der Waals surface area contributed by atoms with E-state index in [1.165, 1.54) is 10.6 Å². The van der Waals surface area contributed by atoms with Gasteiger partial charge >= 0.3 is 5.97 Å². The fourth-order valence-corrected chi connectivity index (χ4v) is 3.58. The molecule has 1 aliphatic carbocycles. The lowest BCUT2D eigenvalue weighted by atomic mass is 9.95. The average Bonchev–Trinajstić information content (AvgIpc) is 2.85. The van der Waals surface area contributed by atoms with Gasteiger partial charge in [-0.2, -0.15) is 0 Å². The molecule has 3 N–H and O–H groups in total. The summed E-state index contributed by atoms with van der Waals surface area (Å²) in [6.07, 6.45) is 4.84. The highest BCUT2D eigenvalue weighted by Gasteiger charge is 2.44. The van der Waals surface area contributed by atoms with Gasteiger partial charge < -0.3 is 15.4 Å². The first-order valence-corrected chi connectivity index (χ1v) is 8.88. The number of nitrogens with one attached hydrogen (secondary N) is 2. The van der Waals surface area contributed by atoms with E-state index in [0.29, 0.717) is 5.76 Å². The number of nitrogens with zero attached hydrogens (tertiary/aromatic N) is 1. The summed E-state index contributed by atoms with van der Waals surface area (Å²) in [4.78, 5) is 11.7. The van der Waals surface area contributed by atoms with Gasteiger partial charge in [0.1, 0.15) is 11.4 Å². The van der Waals surface area contributed by atoms with Crippen LogP contribution in [0.1, 0.15) is 25.8 Å².